The van der Waals surface area contributed by atoms with Crippen molar-refractivity contribution >= 4 is 22.4 Å². The zero-order valence-electron chi connectivity index (χ0n) is 9.93. The van der Waals surface area contributed by atoms with E-state index in [1.165, 1.54) is 18.4 Å². The van der Waals surface area contributed by atoms with Crippen molar-refractivity contribution in [3.63, 3.8) is 0 Å². The first kappa shape index (κ1) is 12.3. The summed E-state index contributed by atoms with van der Waals surface area (Å²) in [7, 11) is 1.35. The fourth-order valence-corrected chi connectivity index (χ4v) is 2.60. The molecule has 0 aliphatic carbocycles. The molecular formula is C11H16N2O3S. The molecule has 2 atom stereocenters. The van der Waals surface area contributed by atoms with Gasteiger partial charge in [0.15, 0.2) is 10.8 Å². The highest BCUT2D eigenvalue weighted by Crippen LogP contribution is 2.21. The second kappa shape index (κ2) is 5.46. The molecule has 0 amide bonds. The van der Waals surface area contributed by atoms with Crippen molar-refractivity contribution in [2.75, 3.05) is 19.0 Å². The molecule has 0 aromatic carbocycles. The van der Waals surface area contributed by atoms with Crippen LogP contribution in [0.4, 0.5) is 5.13 Å². The van der Waals surface area contributed by atoms with Crippen LogP contribution in [0.2, 0.25) is 0 Å². The molecule has 6 heteroatoms. The van der Waals surface area contributed by atoms with Gasteiger partial charge in [-0.05, 0) is 19.8 Å². The summed E-state index contributed by atoms with van der Waals surface area (Å²) in [5.41, 5.74) is 0.347. The molecule has 1 fully saturated rings. The first-order chi connectivity index (χ1) is 8.20. The number of anilines is 1. The van der Waals surface area contributed by atoms with Gasteiger partial charge in [-0.2, -0.15) is 0 Å². The lowest BCUT2D eigenvalue weighted by Gasteiger charge is -2.19. The Labute approximate surface area is 104 Å². The number of nitrogens with one attached hydrogen (secondary N) is 1. The molecule has 1 aromatic heterocycles. The number of rotatable bonds is 4. The zero-order chi connectivity index (χ0) is 12.3. The van der Waals surface area contributed by atoms with E-state index in [0.29, 0.717) is 5.69 Å². The molecular weight excluding hydrogens is 240 g/mol. The molecule has 2 heterocycles. The van der Waals surface area contributed by atoms with Gasteiger partial charge in [-0.3, -0.25) is 0 Å². The maximum atomic E-state index is 11.2. The lowest BCUT2D eigenvalue weighted by Crippen LogP contribution is -2.29. The minimum absolute atomic E-state index is 0.203. The van der Waals surface area contributed by atoms with Gasteiger partial charge in [-0.25, -0.2) is 9.78 Å². The van der Waals surface area contributed by atoms with Crippen molar-refractivity contribution in [2.24, 2.45) is 0 Å². The molecule has 1 saturated heterocycles. The first-order valence-electron chi connectivity index (χ1n) is 5.62. The second-order valence-electron chi connectivity index (χ2n) is 4.01. The molecule has 17 heavy (non-hydrogen) atoms. The molecule has 0 radical (unpaired) electrons. The van der Waals surface area contributed by atoms with Gasteiger partial charge >= 0.3 is 5.97 Å². The van der Waals surface area contributed by atoms with Crippen LogP contribution in [0.5, 0.6) is 0 Å². The summed E-state index contributed by atoms with van der Waals surface area (Å²) in [6, 6.07) is 0.203. The average Bonchev–Trinajstić information content (AvgIpc) is 2.98. The SMILES string of the molecule is COC(=O)c1csc(NC(C)C2CCCO2)n1. The van der Waals surface area contributed by atoms with Crippen LogP contribution in [0.25, 0.3) is 0 Å². The van der Waals surface area contributed by atoms with E-state index in [1.54, 1.807) is 5.38 Å². The Balaban J connectivity index is 1.94. The van der Waals surface area contributed by atoms with Crippen molar-refractivity contribution in [3.8, 4) is 0 Å². The van der Waals surface area contributed by atoms with Crippen molar-refractivity contribution < 1.29 is 14.3 Å². The van der Waals surface area contributed by atoms with Gasteiger partial charge in [0.1, 0.15) is 0 Å². The summed E-state index contributed by atoms with van der Waals surface area (Å²) in [5.74, 6) is -0.404. The largest absolute Gasteiger partial charge is 0.464 e. The molecule has 0 bridgehead atoms. The number of thiazole rings is 1. The number of carbonyl (C=O) groups is 1. The van der Waals surface area contributed by atoms with E-state index in [0.717, 1.165) is 24.6 Å². The third-order valence-electron chi connectivity index (χ3n) is 2.77. The summed E-state index contributed by atoms with van der Waals surface area (Å²) in [6.45, 7) is 2.90. The molecule has 2 unspecified atom stereocenters. The van der Waals surface area contributed by atoms with Gasteiger partial charge < -0.3 is 14.8 Å². The summed E-state index contributed by atoms with van der Waals surface area (Å²) in [6.07, 6.45) is 2.42. The fraction of sp³-hybridized carbons (Fsp3) is 0.636. The van der Waals surface area contributed by atoms with Crippen molar-refractivity contribution in [2.45, 2.75) is 31.9 Å². The van der Waals surface area contributed by atoms with Crippen LogP contribution < -0.4 is 5.32 Å². The van der Waals surface area contributed by atoms with E-state index < -0.39 is 5.97 Å². The average molecular weight is 256 g/mol. The van der Waals surface area contributed by atoms with Gasteiger partial charge in [0.25, 0.3) is 0 Å². The predicted octanol–water partition coefficient (Wildman–Crippen LogP) is 1.91. The lowest BCUT2D eigenvalue weighted by molar-refractivity contribution is 0.0595. The molecule has 5 nitrogen and oxygen atoms in total. The van der Waals surface area contributed by atoms with E-state index in [4.69, 9.17) is 4.74 Å². The van der Waals surface area contributed by atoms with Crippen LogP contribution in [-0.4, -0.2) is 36.8 Å². The van der Waals surface area contributed by atoms with E-state index in [1.807, 2.05) is 0 Å². The van der Waals surface area contributed by atoms with Crippen molar-refractivity contribution in [3.05, 3.63) is 11.1 Å². The van der Waals surface area contributed by atoms with Gasteiger partial charge in [0.2, 0.25) is 0 Å². The minimum Gasteiger partial charge on any atom is -0.464 e. The Morgan fingerprint density at radius 2 is 2.59 bits per heavy atom. The van der Waals surface area contributed by atoms with Crippen LogP contribution in [0.3, 0.4) is 0 Å². The fourth-order valence-electron chi connectivity index (χ4n) is 1.82. The van der Waals surface area contributed by atoms with E-state index in [9.17, 15) is 4.79 Å². The predicted molar refractivity (Wildman–Crippen MR) is 65.5 cm³/mol. The number of nitrogens with zero attached hydrogens (tertiary/aromatic N) is 1. The Bertz CT molecular complexity index is 388. The zero-order valence-corrected chi connectivity index (χ0v) is 10.8. The molecule has 1 aliphatic rings. The lowest BCUT2D eigenvalue weighted by atomic mass is 10.1. The standard InChI is InChI=1S/C11H16N2O3S/c1-7(9-4-3-5-16-9)12-11-13-8(6-17-11)10(14)15-2/h6-7,9H,3-5H2,1-2H3,(H,12,13). The van der Waals surface area contributed by atoms with Crippen LogP contribution in [0.1, 0.15) is 30.3 Å². The third-order valence-corrected chi connectivity index (χ3v) is 3.55. The highest BCUT2D eigenvalue weighted by molar-refractivity contribution is 7.13. The highest BCUT2D eigenvalue weighted by atomic mass is 32.1. The smallest absolute Gasteiger partial charge is 0.357 e. The molecule has 1 aromatic rings. The Hall–Kier alpha value is -1.14. The second-order valence-corrected chi connectivity index (χ2v) is 4.87. The maximum absolute atomic E-state index is 11.2. The highest BCUT2D eigenvalue weighted by Gasteiger charge is 2.23. The van der Waals surface area contributed by atoms with Gasteiger partial charge in [0.05, 0.1) is 19.3 Å². The summed E-state index contributed by atoms with van der Waals surface area (Å²) in [4.78, 5) is 15.4. The first-order valence-corrected chi connectivity index (χ1v) is 6.50. The topological polar surface area (TPSA) is 60.5 Å². The van der Waals surface area contributed by atoms with Gasteiger partial charge in [0, 0.05) is 12.0 Å². The summed E-state index contributed by atoms with van der Waals surface area (Å²) < 4.78 is 10.2. The molecule has 94 valence electrons. The number of esters is 1. The molecule has 0 saturated carbocycles. The van der Waals surface area contributed by atoms with Crippen molar-refractivity contribution in [1.82, 2.24) is 4.98 Å². The monoisotopic (exact) mass is 256 g/mol. The third kappa shape index (κ3) is 2.95. The van der Waals surface area contributed by atoms with Gasteiger partial charge in [-0.1, -0.05) is 0 Å². The van der Waals surface area contributed by atoms with Crippen LogP contribution in [0, 0.1) is 0 Å². The molecule has 1 aliphatic heterocycles. The summed E-state index contributed by atoms with van der Waals surface area (Å²) >= 11 is 1.40. The quantitative estimate of drug-likeness (QED) is 0.834. The molecule has 2 rings (SSSR count). The van der Waals surface area contributed by atoms with Crippen LogP contribution >= 0.6 is 11.3 Å². The molecule has 0 spiro atoms. The minimum atomic E-state index is -0.404. The number of hydrogen-bond acceptors (Lipinski definition) is 6. The normalized spacial score (nSPS) is 21.2. The van der Waals surface area contributed by atoms with E-state index in [-0.39, 0.29) is 12.1 Å². The van der Waals surface area contributed by atoms with Gasteiger partial charge in [-0.15, -0.1) is 11.3 Å². The number of hydrogen-bond donors (Lipinski definition) is 1. The van der Waals surface area contributed by atoms with Crippen LogP contribution in [0.15, 0.2) is 5.38 Å². The number of carbonyl (C=O) groups excluding carboxylic acids is 1. The number of methoxy groups -OCH3 is 1. The van der Waals surface area contributed by atoms with E-state index in [2.05, 4.69) is 22.0 Å². The maximum Gasteiger partial charge on any atom is 0.357 e. The van der Waals surface area contributed by atoms with E-state index >= 15 is 0 Å². The number of ether oxygens (including phenoxy) is 2. The summed E-state index contributed by atoms with van der Waals surface area (Å²) in [5, 5.41) is 5.68. The Morgan fingerprint density at radius 3 is 3.24 bits per heavy atom. The van der Waals surface area contributed by atoms with Crippen molar-refractivity contribution in [1.29, 1.82) is 0 Å². The molecule has 1 N–H and O–H groups in total. The Morgan fingerprint density at radius 1 is 1.76 bits per heavy atom. The number of aromatic nitrogens is 1. The van der Waals surface area contributed by atoms with Crippen LogP contribution in [-0.2, 0) is 9.47 Å². The Kier molecular flexibility index (Phi) is 3.96.